The number of nitrogens with one attached hydrogen (secondary N) is 2. The minimum atomic E-state index is -0.0745. The van der Waals surface area contributed by atoms with E-state index in [1.165, 1.54) is 43.4 Å². The Kier molecular flexibility index (Phi) is 4.91. The summed E-state index contributed by atoms with van der Waals surface area (Å²) in [6.07, 6.45) is 12.7. The second-order valence-electron chi connectivity index (χ2n) is 13.6. The normalized spacial score (nSPS) is 41.7. The first-order valence-electron chi connectivity index (χ1n) is 15.0. The molecule has 0 amide bonds. The fourth-order valence-electron chi connectivity index (χ4n) is 10.3. The third-order valence-corrected chi connectivity index (χ3v) is 11.4. The highest BCUT2D eigenvalue weighted by molar-refractivity contribution is 6.00. The number of carbonyl (C=O) groups excluding carboxylic acids is 1. The molecule has 0 unspecified atom stereocenters. The summed E-state index contributed by atoms with van der Waals surface area (Å²) in [6, 6.07) is 6.82. The predicted molar refractivity (Wildman–Crippen MR) is 144 cm³/mol. The van der Waals surface area contributed by atoms with E-state index in [1.807, 2.05) is 6.20 Å². The maximum absolute atomic E-state index is 13.9. The van der Waals surface area contributed by atoms with Crippen LogP contribution in [0, 0.1) is 35.5 Å². The van der Waals surface area contributed by atoms with Crippen molar-refractivity contribution in [3.05, 3.63) is 46.9 Å². The van der Waals surface area contributed by atoms with Crippen molar-refractivity contribution >= 4 is 5.78 Å². The predicted octanol–water partition coefficient (Wildman–Crippen LogP) is 5.38. The van der Waals surface area contributed by atoms with E-state index in [4.69, 9.17) is 9.97 Å². The number of fused-ring (bicyclic) bond motifs is 2. The maximum Gasteiger partial charge on any atom is 0.184 e. The lowest BCUT2D eigenvalue weighted by Gasteiger charge is -2.57. The van der Waals surface area contributed by atoms with Crippen molar-refractivity contribution in [3.8, 4) is 11.3 Å². The van der Waals surface area contributed by atoms with E-state index in [-0.39, 0.29) is 22.8 Å². The molecule has 4 fully saturated rings. The van der Waals surface area contributed by atoms with E-state index < -0.39 is 0 Å². The van der Waals surface area contributed by atoms with Gasteiger partial charge in [-0.25, -0.2) is 4.98 Å². The largest absolute Gasteiger partial charge is 0.307 e. The topological polar surface area (TPSA) is 66.9 Å². The van der Waals surface area contributed by atoms with E-state index in [1.54, 1.807) is 0 Å². The first kappa shape index (κ1) is 22.8. The van der Waals surface area contributed by atoms with Crippen LogP contribution in [0.2, 0.25) is 0 Å². The molecule has 2 aromatic heterocycles. The molecular weight excluding hydrogens is 456 g/mol. The number of hydrogen-bond donors (Lipinski definition) is 2. The van der Waals surface area contributed by atoms with Gasteiger partial charge < -0.3 is 10.6 Å². The van der Waals surface area contributed by atoms with Crippen LogP contribution in [-0.4, -0.2) is 28.8 Å². The molecule has 5 nitrogen and oxygen atoms in total. The second-order valence-corrected chi connectivity index (χ2v) is 13.6. The van der Waals surface area contributed by atoms with Crippen molar-refractivity contribution < 1.29 is 4.79 Å². The summed E-state index contributed by atoms with van der Waals surface area (Å²) in [4.78, 5) is 24.1. The number of rotatable bonds is 1. The monoisotopic (exact) mass is 496 g/mol. The maximum atomic E-state index is 13.9. The minimum absolute atomic E-state index is 0.0621. The lowest BCUT2D eigenvalue weighted by Crippen LogP contribution is -2.62. The summed E-state index contributed by atoms with van der Waals surface area (Å²) in [5, 5.41) is 7.95. The molecule has 4 heterocycles. The summed E-state index contributed by atoms with van der Waals surface area (Å²) >= 11 is 0. The van der Waals surface area contributed by atoms with Gasteiger partial charge in [-0.1, -0.05) is 19.9 Å². The van der Waals surface area contributed by atoms with Gasteiger partial charge in [0.15, 0.2) is 5.78 Å². The summed E-state index contributed by atoms with van der Waals surface area (Å²) in [5.74, 6) is 3.58. The first-order valence-corrected chi connectivity index (χ1v) is 15.0. The second kappa shape index (κ2) is 7.95. The van der Waals surface area contributed by atoms with Gasteiger partial charge in [0.1, 0.15) is 5.69 Å². The highest BCUT2D eigenvalue weighted by atomic mass is 16.1. The van der Waals surface area contributed by atoms with Crippen molar-refractivity contribution in [2.24, 2.45) is 35.5 Å². The van der Waals surface area contributed by atoms with Crippen molar-refractivity contribution in [2.45, 2.75) is 82.7 Å². The Labute approximate surface area is 220 Å². The third kappa shape index (κ3) is 3.07. The van der Waals surface area contributed by atoms with Gasteiger partial charge in [0.05, 0.1) is 5.69 Å². The molecule has 8 rings (SSSR count). The van der Waals surface area contributed by atoms with Gasteiger partial charge in [0.2, 0.25) is 0 Å². The molecule has 0 spiro atoms. The lowest BCUT2D eigenvalue weighted by atomic mass is 9.53. The molecular formula is C32H40N4O. The van der Waals surface area contributed by atoms with Crippen LogP contribution in [-0.2, 0) is 17.5 Å². The van der Waals surface area contributed by atoms with Gasteiger partial charge in [-0.3, -0.25) is 9.78 Å². The van der Waals surface area contributed by atoms with Gasteiger partial charge in [0, 0.05) is 40.0 Å². The van der Waals surface area contributed by atoms with Crippen LogP contribution in [0.1, 0.15) is 92.5 Å². The number of pyridine rings is 2. The van der Waals surface area contributed by atoms with Crippen molar-refractivity contribution in [1.82, 2.24) is 20.6 Å². The smallest absolute Gasteiger partial charge is 0.184 e. The third-order valence-electron chi connectivity index (χ3n) is 11.4. The fourth-order valence-corrected chi connectivity index (χ4v) is 10.3. The average Bonchev–Trinajstić information content (AvgIpc) is 2.90. The molecule has 37 heavy (non-hydrogen) atoms. The van der Waals surface area contributed by atoms with Gasteiger partial charge in [-0.05, 0) is 118 Å². The van der Waals surface area contributed by atoms with Crippen LogP contribution in [0.4, 0.5) is 0 Å². The van der Waals surface area contributed by atoms with Crippen molar-refractivity contribution in [2.75, 3.05) is 13.1 Å². The fraction of sp³-hybridized carbons (Fsp3) is 0.656. The Bertz CT molecular complexity index is 1290. The van der Waals surface area contributed by atoms with Crippen LogP contribution in [0.15, 0.2) is 24.4 Å². The molecule has 2 aliphatic heterocycles. The quantitative estimate of drug-likeness (QED) is 0.555. The Morgan fingerprint density at radius 1 is 0.919 bits per heavy atom. The van der Waals surface area contributed by atoms with Crippen LogP contribution >= 0.6 is 0 Å². The van der Waals surface area contributed by atoms with E-state index in [2.05, 4.69) is 42.7 Å². The van der Waals surface area contributed by atoms with Gasteiger partial charge >= 0.3 is 0 Å². The molecule has 4 bridgehead atoms. The van der Waals surface area contributed by atoms with E-state index in [0.717, 1.165) is 79.0 Å². The van der Waals surface area contributed by atoms with E-state index in [9.17, 15) is 4.79 Å². The number of ketones is 1. The van der Waals surface area contributed by atoms with Gasteiger partial charge in [0.25, 0.3) is 0 Å². The summed E-state index contributed by atoms with van der Waals surface area (Å²) < 4.78 is 0. The summed E-state index contributed by atoms with van der Waals surface area (Å²) in [6.45, 7) is 6.89. The molecule has 2 saturated heterocycles. The number of aromatic nitrogens is 2. The number of piperidine rings is 2. The highest BCUT2D eigenvalue weighted by Crippen LogP contribution is 2.57. The van der Waals surface area contributed by atoms with Crippen molar-refractivity contribution in [3.63, 3.8) is 0 Å². The zero-order valence-electron chi connectivity index (χ0n) is 22.4. The molecule has 2 N–H and O–H groups in total. The molecule has 2 saturated carbocycles. The first-order chi connectivity index (χ1) is 18.0. The molecule has 5 heteroatoms. The number of carbonyl (C=O) groups is 1. The van der Waals surface area contributed by atoms with Crippen LogP contribution in [0.5, 0.6) is 0 Å². The van der Waals surface area contributed by atoms with E-state index in [0.29, 0.717) is 11.8 Å². The Morgan fingerprint density at radius 3 is 2.46 bits per heavy atom. The van der Waals surface area contributed by atoms with E-state index >= 15 is 0 Å². The zero-order chi connectivity index (χ0) is 24.9. The van der Waals surface area contributed by atoms with Crippen LogP contribution < -0.4 is 10.6 Å². The average molecular weight is 497 g/mol. The van der Waals surface area contributed by atoms with Crippen LogP contribution in [0.25, 0.3) is 11.3 Å². The van der Waals surface area contributed by atoms with Crippen molar-refractivity contribution in [1.29, 1.82) is 0 Å². The van der Waals surface area contributed by atoms with Crippen LogP contribution in [0.3, 0.4) is 0 Å². The molecule has 194 valence electrons. The standard InChI is InChI=1S/C32H40N4O/c1-18-11-20-14-28-26(31(15-18)23(20)5-3-9-34-31)13-21(17-33-28)27-8-7-25-29(36-27)30(37)22-12-19(2)16-32(25)24(22)6-4-10-35-32/h7-8,13,17-20,22-24,34-35H,3-6,9-12,14-16H2,1-2H3/t18-,19-,20-,22+,23-,24-,31-,32-/m1/s1. The lowest BCUT2D eigenvalue weighted by molar-refractivity contribution is 0.00808. The number of nitrogens with zero attached hydrogens (tertiary/aromatic N) is 2. The highest BCUT2D eigenvalue weighted by Gasteiger charge is 2.57. The Morgan fingerprint density at radius 2 is 1.65 bits per heavy atom. The summed E-state index contributed by atoms with van der Waals surface area (Å²) in [5.41, 5.74) is 6.57. The molecule has 0 radical (unpaired) electrons. The molecule has 4 aliphatic carbocycles. The molecule has 8 atom stereocenters. The minimum Gasteiger partial charge on any atom is -0.307 e. The Balaban J connectivity index is 1.24. The molecule has 0 aromatic carbocycles. The summed E-state index contributed by atoms with van der Waals surface area (Å²) in [7, 11) is 0. The number of hydrogen-bond acceptors (Lipinski definition) is 5. The number of Topliss-reactive ketones (excluding diaryl/α,β-unsaturated/α-hetero) is 1. The van der Waals surface area contributed by atoms with Gasteiger partial charge in [-0.2, -0.15) is 0 Å². The zero-order valence-corrected chi connectivity index (χ0v) is 22.4. The molecule has 6 aliphatic rings. The van der Waals surface area contributed by atoms with Gasteiger partial charge in [-0.15, -0.1) is 0 Å². The Hall–Kier alpha value is -2.11. The molecule has 2 aromatic rings. The SMILES string of the molecule is C[C@@H]1C[C@@H]2Cc3ncc(-c4ccc5c(n4)C(=O)[C@H]4C[C@@H](C)C[C@]56NCCC[C@H]46)cc3[C@]3(C1)NCCC[C@H]23.